The van der Waals surface area contributed by atoms with Crippen LogP contribution in [0.3, 0.4) is 0 Å². The van der Waals surface area contributed by atoms with Gasteiger partial charge < -0.3 is 4.74 Å². The van der Waals surface area contributed by atoms with E-state index in [2.05, 4.69) is 10.5 Å². The van der Waals surface area contributed by atoms with E-state index in [4.69, 9.17) is 4.74 Å². The lowest BCUT2D eigenvalue weighted by atomic mass is 10.2. The summed E-state index contributed by atoms with van der Waals surface area (Å²) < 4.78 is 5.15. The van der Waals surface area contributed by atoms with E-state index in [-0.39, 0.29) is 17.9 Å². The maximum absolute atomic E-state index is 11.4. The van der Waals surface area contributed by atoms with Gasteiger partial charge in [-0.2, -0.15) is 5.10 Å². The number of hydrazone groups is 1. The highest BCUT2D eigenvalue weighted by Crippen LogP contribution is 2.29. The van der Waals surface area contributed by atoms with Gasteiger partial charge in [-0.3, -0.25) is 30.4 Å². The summed E-state index contributed by atoms with van der Waals surface area (Å²) in [6, 6.07) is 3.15. The Bertz CT molecular complexity index is 742. The van der Waals surface area contributed by atoms with Crippen molar-refractivity contribution in [2.45, 2.75) is 33.6 Å². The molecule has 10 nitrogen and oxygen atoms in total. The van der Waals surface area contributed by atoms with Gasteiger partial charge in [-0.1, -0.05) is 13.8 Å². The van der Waals surface area contributed by atoms with Crippen molar-refractivity contribution >= 4 is 28.7 Å². The summed E-state index contributed by atoms with van der Waals surface area (Å²) >= 11 is 0. The number of allylic oxidation sites excluding steroid dienone is 2. The summed E-state index contributed by atoms with van der Waals surface area (Å²) in [5, 5.41) is 25.8. The molecule has 0 aromatic heterocycles. The van der Waals surface area contributed by atoms with Crippen LogP contribution in [0.4, 0.5) is 17.1 Å². The Kier molecular flexibility index (Phi) is 7.19. The molecule has 0 amide bonds. The van der Waals surface area contributed by atoms with Crippen molar-refractivity contribution in [3.8, 4) is 0 Å². The van der Waals surface area contributed by atoms with E-state index in [1.807, 2.05) is 6.92 Å². The molecule has 0 spiro atoms. The van der Waals surface area contributed by atoms with Gasteiger partial charge in [0, 0.05) is 12.5 Å². The number of ether oxygens (including phenoxy) is 1. The van der Waals surface area contributed by atoms with Gasteiger partial charge in [0.15, 0.2) is 0 Å². The lowest BCUT2D eigenvalue weighted by Gasteiger charge is -2.08. The van der Waals surface area contributed by atoms with Crippen LogP contribution in [0, 0.1) is 20.2 Å². The Morgan fingerprint density at radius 2 is 1.96 bits per heavy atom. The standard InChI is InChI=1S/C15H18N4O6/c1-4-6-14(25-15(20)5-2)10(3)16-17-12-8-7-11(18(21)22)9-13(12)19(23)24/h6-9,17H,4-5H2,1-3H3/b14-6-,16-10+. The van der Waals surface area contributed by atoms with Crippen LogP contribution in [-0.4, -0.2) is 21.5 Å². The van der Waals surface area contributed by atoms with E-state index < -0.39 is 27.2 Å². The highest BCUT2D eigenvalue weighted by molar-refractivity contribution is 5.98. The fourth-order valence-corrected chi connectivity index (χ4v) is 1.72. The summed E-state index contributed by atoms with van der Waals surface area (Å²) in [6.45, 7) is 5.06. The molecular formula is C15H18N4O6. The molecule has 25 heavy (non-hydrogen) atoms. The third-order valence-electron chi connectivity index (χ3n) is 2.99. The summed E-state index contributed by atoms with van der Waals surface area (Å²) in [4.78, 5) is 31.8. The molecule has 134 valence electrons. The molecule has 0 unspecified atom stereocenters. The molecule has 1 aromatic rings. The fraction of sp³-hybridized carbons (Fsp3) is 0.333. The third-order valence-corrected chi connectivity index (χ3v) is 2.99. The molecule has 1 rings (SSSR count). The van der Waals surface area contributed by atoms with Gasteiger partial charge in [0.05, 0.1) is 21.6 Å². The zero-order chi connectivity index (χ0) is 19.0. The minimum Gasteiger partial charge on any atom is -0.425 e. The van der Waals surface area contributed by atoms with E-state index in [0.29, 0.717) is 12.1 Å². The maximum atomic E-state index is 11.4. The Morgan fingerprint density at radius 3 is 2.48 bits per heavy atom. The SMILES string of the molecule is CC/C=C(OC(=O)CC)/C(C)=N/Nc1ccc([N+](=O)[O-])cc1[N+](=O)[O-]. The fourth-order valence-electron chi connectivity index (χ4n) is 1.72. The van der Waals surface area contributed by atoms with E-state index in [1.165, 1.54) is 6.07 Å². The predicted molar refractivity (Wildman–Crippen MR) is 91.2 cm³/mol. The quantitative estimate of drug-likeness (QED) is 0.249. The number of hydrogen-bond donors (Lipinski definition) is 1. The number of nitro groups is 2. The molecule has 0 fully saturated rings. The molecule has 1 aromatic carbocycles. The van der Waals surface area contributed by atoms with Crippen LogP contribution in [0.15, 0.2) is 35.1 Å². The Morgan fingerprint density at radius 1 is 1.28 bits per heavy atom. The van der Waals surface area contributed by atoms with Crippen molar-refractivity contribution < 1.29 is 19.4 Å². The van der Waals surface area contributed by atoms with E-state index in [1.54, 1.807) is 19.9 Å². The van der Waals surface area contributed by atoms with Gasteiger partial charge in [0.25, 0.3) is 5.69 Å². The van der Waals surface area contributed by atoms with Crippen molar-refractivity contribution in [3.05, 3.63) is 50.3 Å². The van der Waals surface area contributed by atoms with Gasteiger partial charge in [-0.05, 0) is 25.5 Å². The summed E-state index contributed by atoms with van der Waals surface area (Å²) in [7, 11) is 0. The Balaban J connectivity index is 3.09. The van der Waals surface area contributed by atoms with Crippen LogP contribution < -0.4 is 5.43 Å². The summed E-state index contributed by atoms with van der Waals surface area (Å²) in [5.41, 5.74) is 1.87. The topological polar surface area (TPSA) is 137 Å². The average Bonchev–Trinajstić information content (AvgIpc) is 2.58. The first kappa shape index (κ1) is 19.7. The summed E-state index contributed by atoms with van der Waals surface area (Å²) in [5.74, 6) is -0.193. The smallest absolute Gasteiger partial charge is 0.310 e. The molecule has 0 saturated carbocycles. The molecule has 0 aliphatic carbocycles. The number of rotatable bonds is 8. The monoisotopic (exact) mass is 350 g/mol. The highest BCUT2D eigenvalue weighted by Gasteiger charge is 2.19. The number of carbonyl (C=O) groups is 1. The van der Waals surface area contributed by atoms with E-state index in [9.17, 15) is 25.0 Å². The zero-order valence-electron chi connectivity index (χ0n) is 14.0. The molecule has 1 N–H and O–H groups in total. The van der Waals surface area contributed by atoms with Crippen molar-refractivity contribution in [2.24, 2.45) is 5.10 Å². The van der Waals surface area contributed by atoms with E-state index >= 15 is 0 Å². The number of carbonyl (C=O) groups excluding carboxylic acids is 1. The molecule has 0 radical (unpaired) electrons. The number of nitrogens with one attached hydrogen (secondary N) is 1. The average molecular weight is 350 g/mol. The number of nitrogens with zero attached hydrogens (tertiary/aromatic N) is 3. The van der Waals surface area contributed by atoms with Crippen molar-refractivity contribution in [2.75, 3.05) is 5.43 Å². The number of anilines is 1. The number of nitro benzene ring substituents is 2. The highest BCUT2D eigenvalue weighted by atomic mass is 16.6. The van der Waals surface area contributed by atoms with Crippen LogP contribution in [0.25, 0.3) is 0 Å². The second kappa shape index (κ2) is 9.11. The van der Waals surface area contributed by atoms with Crippen molar-refractivity contribution in [1.29, 1.82) is 0 Å². The largest absolute Gasteiger partial charge is 0.425 e. The first-order valence-corrected chi connectivity index (χ1v) is 7.44. The Labute approximate surface area is 143 Å². The molecule has 0 atom stereocenters. The molecule has 0 saturated heterocycles. The molecular weight excluding hydrogens is 332 g/mol. The second-order valence-electron chi connectivity index (χ2n) is 4.83. The van der Waals surface area contributed by atoms with Gasteiger partial charge >= 0.3 is 11.7 Å². The minimum absolute atomic E-state index is 0.0207. The van der Waals surface area contributed by atoms with E-state index in [0.717, 1.165) is 12.1 Å². The van der Waals surface area contributed by atoms with Gasteiger partial charge in [0.2, 0.25) is 0 Å². The number of esters is 1. The van der Waals surface area contributed by atoms with Crippen molar-refractivity contribution in [3.63, 3.8) is 0 Å². The normalized spacial score (nSPS) is 11.8. The number of hydrogen-bond acceptors (Lipinski definition) is 8. The molecule has 0 bridgehead atoms. The van der Waals surface area contributed by atoms with Crippen molar-refractivity contribution in [1.82, 2.24) is 0 Å². The molecule has 0 aliphatic heterocycles. The second-order valence-corrected chi connectivity index (χ2v) is 4.83. The minimum atomic E-state index is -0.750. The van der Waals surface area contributed by atoms with Gasteiger partial charge in [0.1, 0.15) is 11.4 Å². The van der Waals surface area contributed by atoms with Gasteiger partial charge in [-0.25, -0.2) is 0 Å². The zero-order valence-corrected chi connectivity index (χ0v) is 14.0. The molecule has 0 heterocycles. The number of benzene rings is 1. The van der Waals surface area contributed by atoms with Crippen LogP contribution >= 0.6 is 0 Å². The third kappa shape index (κ3) is 5.68. The lowest BCUT2D eigenvalue weighted by molar-refractivity contribution is -0.393. The maximum Gasteiger partial charge on any atom is 0.310 e. The molecule has 10 heteroatoms. The number of non-ortho nitro benzene ring substituents is 1. The lowest BCUT2D eigenvalue weighted by Crippen LogP contribution is -2.10. The van der Waals surface area contributed by atoms with Crippen LogP contribution in [-0.2, 0) is 9.53 Å². The van der Waals surface area contributed by atoms with Gasteiger partial charge in [-0.15, -0.1) is 0 Å². The first-order chi connectivity index (χ1) is 11.8. The Hall–Kier alpha value is -3.30. The van der Waals surface area contributed by atoms with Crippen LogP contribution in [0.2, 0.25) is 0 Å². The first-order valence-electron chi connectivity index (χ1n) is 7.44. The summed E-state index contributed by atoms with van der Waals surface area (Å²) in [6.07, 6.45) is 2.44. The predicted octanol–water partition coefficient (Wildman–Crippen LogP) is 3.54. The molecule has 0 aliphatic rings. The van der Waals surface area contributed by atoms with Crippen LogP contribution in [0.5, 0.6) is 0 Å². The van der Waals surface area contributed by atoms with Crippen LogP contribution in [0.1, 0.15) is 33.6 Å².